The highest BCUT2D eigenvalue weighted by molar-refractivity contribution is 6.22. The molecule has 1 aliphatic rings. The van der Waals surface area contributed by atoms with E-state index in [4.69, 9.17) is 4.74 Å². The first-order chi connectivity index (χ1) is 16.4. The molecule has 7 heteroatoms. The summed E-state index contributed by atoms with van der Waals surface area (Å²) in [6, 6.07) is 22.0. The van der Waals surface area contributed by atoms with Crippen molar-refractivity contribution >= 4 is 23.7 Å². The van der Waals surface area contributed by atoms with Gasteiger partial charge in [-0.2, -0.15) is 0 Å². The highest BCUT2D eigenvalue weighted by Crippen LogP contribution is 2.26. The lowest BCUT2D eigenvalue weighted by atomic mass is 10.0. The topological polar surface area (TPSA) is 92.8 Å². The number of carbonyl (C=O) groups is 4. The molecule has 0 aromatic heterocycles. The summed E-state index contributed by atoms with van der Waals surface area (Å²) in [7, 11) is 0. The minimum atomic E-state index is -1.19. The van der Waals surface area contributed by atoms with E-state index in [1.807, 2.05) is 37.3 Å². The molecular formula is C27H24N2O5. The predicted octanol–water partition coefficient (Wildman–Crippen LogP) is 3.06. The van der Waals surface area contributed by atoms with Crippen molar-refractivity contribution in [2.75, 3.05) is 6.61 Å². The minimum Gasteiger partial charge on any atom is -0.454 e. The minimum absolute atomic E-state index is 0.0795. The molecule has 1 N–H and O–H groups in total. The Morgan fingerprint density at radius 2 is 1.41 bits per heavy atom. The SMILES string of the molecule is Cc1ccc(CNC(=O)COC(=O)[C@H](Cc2ccccc2)N2C(=O)c3ccccc3C2=O)cc1. The van der Waals surface area contributed by atoms with Gasteiger partial charge in [0.25, 0.3) is 17.7 Å². The summed E-state index contributed by atoms with van der Waals surface area (Å²) in [5, 5.41) is 2.70. The first kappa shape index (κ1) is 22.9. The molecule has 34 heavy (non-hydrogen) atoms. The van der Waals surface area contributed by atoms with Crippen molar-refractivity contribution in [2.24, 2.45) is 0 Å². The fourth-order valence-electron chi connectivity index (χ4n) is 3.80. The molecule has 1 heterocycles. The summed E-state index contributed by atoms with van der Waals surface area (Å²) in [5.41, 5.74) is 3.27. The number of fused-ring (bicyclic) bond motifs is 1. The zero-order chi connectivity index (χ0) is 24.1. The van der Waals surface area contributed by atoms with Crippen molar-refractivity contribution in [1.29, 1.82) is 0 Å². The van der Waals surface area contributed by atoms with Crippen LogP contribution in [-0.2, 0) is 27.3 Å². The quantitative estimate of drug-likeness (QED) is 0.415. The Morgan fingerprint density at radius 1 is 0.824 bits per heavy atom. The van der Waals surface area contributed by atoms with Crippen LogP contribution < -0.4 is 5.32 Å². The van der Waals surface area contributed by atoms with E-state index >= 15 is 0 Å². The summed E-state index contributed by atoms with van der Waals surface area (Å²) < 4.78 is 5.26. The average molecular weight is 456 g/mol. The van der Waals surface area contributed by atoms with Gasteiger partial charge in [0.1, 0.15) is 6.04 Å². The van der Waals surface area contributed by atoms with Gasteiger partial charge < -0.3 is 10.1 Å². The molecule has 4 rings (SSSR count). The lowest BCUT2D eigenvalue weighted by Gasteiger charge is -2.24. The summed E-state index contributed by atoms with van der Waals surface area (Å²) in [6.45, 7) is 1.75. The molecule has 3 aromatic rings. The third-order valence-electron chi connectivity index (χ3n) is 5.64. The number of aryl methyl sites for hydroxylation is 1. The molecule has 0 aliphatic carbocycles. The second kappa shape index (κ2) is 10.1. The molecular weight excluding hydrogens is 432 g/mol. The summed E-state index contributed by atoms with van der Waals surface area (Å²) in [6.07, 6.45) is 0.0795. The van der Waals surface area contributed by atoms with Gasteiger partial charge in [-0.3, -0.25) is 19.3 Å². The van der Waals surface area contributed by atoms with Crippen LogP contribution in [0.4, 0.5) is 0 Å². The van der Waals surface area contributed by atoms with Crippen LogP contribution in [0.25, 0.3) is 0 Å². The molecule has 0 fully saturated rings. The average Bonchev–Trinajstić information content (AvgIpc) is 3.11. The van der Waals surface area contributed by atoms with E-state index in [1.165, 1.54) is 0 Å². The van der Waals surface area contributed by atoms with Crippen LogP contribution in [-0.4, -0.2) is 41.2 Å². The molecule has 0 spiro atoms. The maximum Gasteiger partial charge on any atom is 0.330 e. The Balaban J connectivity index is 1.45. The van der Waals surface area contributed by atoms with Gasteiger partial charge >= 0.3 is 5.97 Å². The fourth-order valence-corrected chi connectivity index (χ4v) is 3.80. The van der Waals surface area contributed by atoms with Gasteiger partial charge in [-0.15, -0.1) is 0 Å². The normalized spacial score (nSPS) is 13.4. The van der Waals surface area contributed by atoms with Crippen molar-refractivity contribution in [1.82, 2.24) is 10.2 Å². The van der Waals surface area contributed by atoms with Crippen molar-refractivity contribution in [2.45, 2.75) is 25.9 Å². The van der Waals surface area contributed by atoms with Crippen LogP contribution in [0.15, 0.2) is 78.9 Å². The van der Waals surface area contributed by atoms with E-state index in [0.717, 1.165) is 21.6 Å². The molecule has 1 aliphatic heterocycles. The van der Waals surface area contributed by atoms with E-state index in [2.05, 4.69) is 5.32 Å². The van der Waals surface area contributed by atoms with Gasteiger partial charge in [-0.05, 0) is 30.2 Å². The number of hydrogen-bond donors (Lipinski definition) is 1. The molecule has 3 amide bonds. The van der Waals surface area contributed by atoms with Crippen LogP contribution >= 0.6 is 0 Å². The van der Waals surface area contributed by atoms with Crippen molar-refractivity contribution < 1.29 is 23.9 Å². The van der Waals surface area contributed by atoms with Gasteiger partial charge in [0.15, 0.2) is 6.61 Å². The van der Waals surface area contributed by atoms with Crippen molar-refractivity contribution in [3.05, 3.63) is 107 Å². The number of esters is 1. The number of nitrogens with one attached hydrogen (secondary N) is 1. The smallest absolute Gasteiger partial charge is 0.330 e. The van der Waals surface area contributed by atoms with Crippen LogP contribution in [0.3, 0.4) is 0 Å². The number of benzene rings is 3. The Bertz CT molecular complexity index is 1190. The zero-order valence-electron chi connectivity index (χ0n) is 18.7. The van der Waals surface area contributed by atoms with E-state index in [1.54, 1.807) is 48.5 Å². The molecule has 7 nitrogen and oxygen atoms in total. The van der Waals surface area contributed by atoms with E-state index in [-0.39, 0.29) is 17.5 Å². The highest BCUT2D eigenvalue weighted by Gasteiger charge is 2.43. The van der Waals surface area contributed by atoms with Gasteiger partial charge in [0.2, 0.25) is 0 Å². The molecule has 172 valence electrons. The van der Waals surface area contributed by atoms with Crippen LogP contribution in [0, 0.1) is 6.92 Å². The summed E-state index contributed by atoms with van der Waals surface area (Å²) in [5.74, 6) is -2.40. The van der Waals surface area contributed by atoms with E-state index < -0.39 is 36.3 Å². The third-order valence-corrected chi connectivity index (χ3v) is 5.64. The second-order valence-corrected chi connectivity index (χ2v) is 8.10. The lowest BCUT2D eigenvalue weighted by Crippen LogP contribution is -2.47. The highest BCUT2D eigenvalue weighted by atomic mass is 16.5. The number of hydrogen-bond acceptors (Lipinski definition) is 5. The van der Waals surface area contributed by atoms with Crippen LogP contribution in [0.5, 0.6) is 0 Å². The molecule has 0 saturated heterocycles. The fraction of sp³-hybridized carbons (Fsp3) is 0.185. The van der Waals surface area contributed by atoms with Crippen LogP contribution in [0.1, 0.15) is 37.4 Å². The van der Waals surface area contributed by atoms with E-state index in [9.17, 15) is 19.2 Å². The van der Waals surface area contributed by atoms with Gasteiger partial charge in [0.05, 0.1) is 11.1 Å². The lowest BCUT2D eigenvalue weighted by molar-refractivity contribution is -0.152. The molecule has 0 bridgehead atoms. The predicted molar refractivity (Wildman–Crippen MR) is 125 cm³/mol. The van der Waals surface area contributed by atoms with Gasteiger partial charge in [-0.25, -0.2) is 4.79 Å². The van der Waals surface area contributed by atoms with Gasteiger partial charge in [-0.1, -0.05) is 72.3 Å². The van der Waals surface area contributed by atoms with Crippen molar-refractivity contribution in [3.63, 3.8) is 0 Å². The van der Waals surface area contributed by atoms with Crippen molar-refractivity contribution in [3.8, 4) is 0 Å². The third kappa shape index (κ3) is 5.04. The standard InChI is InChI=1S/C27H24N2O5/c1-18-11-13-20(14-12-18)16-28-24(30)17-34-27(33)23(15-19-7-3-2-4-8-19)29-25(31)21-9-5-6-10-22(21)26(29)32/h2-14,23H,15-17H2,1H3,(H,28,30)/t23-/m0/s1. The Kier molecular flexibility index (Phi) is 6.82. The number of imide groups is 1. The number of ether oxygens (including phenoxy) is 1. The number of amides is 3. The number of rotatable bonds is 8. The molecule has 0 unspecified atom stereocenters. The second-order valence-electron chi connectivity index (χ2n) is 8.10. The van der Waals surface area contributed by atoms with Crippen LogP contribution in [0.2, 0.25) is 0 Å². The first-order valence-corrected chi connectivity index (χ1v) is 10.9. The summed E-state index contributed by atoms with van der Waals surface area (Å²) >= 11 is 0. The molecule has 0 saturated carbocycles. The number of carbonyl (C=O) groups excluding carboxylic acids is 4. The first-order valence-electron chi connectivity index (χ1n) is 10.9. The monoisotopic (exact) mass is 456 g/mol. The maximum absolute atomic E-state index is 13.0. The molecule has 3 aromatic carbocycles. The molecule has 0 radical (unpaired) electrons. The number of nitrogens with zero attached hydrogens (tertiary/aromatic N) is 1. The Hall–Kier alpha value is -4.26. The zero-order valence-corrected chi connectivity index (χ0v) is 18.7. The van der Waals surface area contributed by atoms with Gasteiger partial charge in [0, 0.05) is 13.0 Å². The van der Waals surface area contributed by atoms with E-state index in [0.29, 0.717) is 6.54 Å². The largest absolute Gasteiger partial charge is 0.454 e. The maximum atomic E-state index is 13.0. The summed E-state index contributed by atoms with van der Waals surface area (Å²) in [4.78, 5) is 52.2. The molecule has 1 atom stereocenters. The Morgan fingerprint density at radius 3 is 2.03 bits per heavy atom. The Labute approximate surface area is 197 Å².